The van der Waals surface area contributed by atoms with Gasteiger partial charge >= 0.3 is 0 Å². The van der Waals surface area contributed by atoms with Crippen molar-refractivity contribution in [3.8, 4) is 0 Å². The molecule has 1 aromatic heterocycles. The van der Waals surface area contributed by atoms with E-state index in [9.17, 15) is 8.42 Å². The highest BCUT2D eigenvalue weighted by molar-refractivity contribution is 9.10. The second-order valence-electron chi connectivity index (χ2n) is 3.39. The maximum Gasteiger partial charge on any atom is 0.281 e. The van der Waals surface area contributed by atoms with Crippen LogP contribution in [-0.4, -0.2) is 23.4 Å². The van der Waals surface area contributed by atoms with Gasteiger partial charge in [-0.15, -0.1) is 5.10 Å². The Morgan fingerprint density at radius 2 is 2.06 bits per heavy atom. The van der Waals surface area contributed by atoms with Gasteiger partial charge in [-0.3, -0.25) is 4.72 Å². The van der Waals surface area contributed by atoms with Gasteiger partial charge in [0.2, 0.25) is 5.03 Å². The molecule has 0 aliphatic heterocycles. The molecule has 0 amide bonds. The molecule has 0 atom stereocenters. The summed E-state index contributed by atoms with van der Waals surface area (Å²) in [6, 6.07) is 6.55. The molecule has 0 saturated carbocycles. The van der Waals surface area contributed by atoms with E-state index in [1.807, 2.05) is 0 Å². The minimum absolute atomic E-state index is 0.0672. The van der Waals surface area contributed by atoms with Gasteiger partial charge in [0.05, 0.1) is 10.7 Å². The van der Waals surface area contributed by atoms with Gasteiger partial charge in [-0.1, -0.05) is 28.9 Å². The fourth-order valence-corrected chi connectivity index (χ4v) is 3.76. The van der Waals surface area contributed by atoms with Crippen molar-refractivity contribution in [2.24, 2.45) is 7.05 Å². The number of aromatic nitrogens is 3. The number of hydrogen-bond donors (Lipinski definition) is 1. The van der Waals surface area contributed by atoms with Crippen LogP contribution in [0.5, 0.6) is 0 Å². The molecular weight excluding hydrogens is 344 g/mol. The number of rotatable bonds is 3. The molecule has 0 aliphatic rings. The Labute approximate surface area is 117 Å². The summed E-state index contributed by atoms with van der Waals surface area (Å²) in [5, 5.41) is 7.48. The summed E-state index contributed by atoms with van der Waals surface area (Å²) < 4.78 is 28.0. The van der Waals surface area contributed by atoms with E-state index in [0.29, 0.717) is 10.7 Å². The first kappa shape index (κ1) is 13.3. The number of para-hydroxylation sites is 1. The lowest BCUT2D eigenvalue weighted by atomic mass is 10.3. The quantitative estimate of drug-likeness (QED) is 0.918. The maximum absolute atomic E-state index is 12.2. The Hall–Kier alpha value is -1.12. The highest BCUT2D eigenvalue weighted by Gasteiger charge is 2.24. The summed E-state index contributed by atoms with van der Waals surface area (Å²) >= 11 is 8.93. The smallest absolute Gasteiger partial charge is 0.277 e. The maximum atomic E-state index is 12.2. The van der Waals surface area contributed by atoms with Crippen molar-refractivity contribution >= 4 is 43.2 Å². The largest absolute Gasteiger partial charge is 0.281 e. The molecule has 2 rings (SSSR count). The van der Waals surface area contributed by atoms with Crippen LogP contribution in [0.25, 0.3) is 0 Å². The molecule has 0 aliphatic carbocycles. The predicted molar refractivity (Wildman–Crippen MR) is 71.0 cm³/mol. The number of halogens is 2. The standard InChI is InChI=1S/C9H8BrClN4O2S/c1-15-9(8(10)12-14-15)18(16,17)13-7-5-3-2-4-6(7)11/h2-5,13H,1H3. The Balaban J connectivity index is 2.43. The van der Waals surface area contributed by atoms with Gasteiger partial charge in [0.25, 0.3) is 10.0 Å². The molecule has 2 aromatic rings. The van der Waals surface area contributed by atoms with Crippen LogP contribution >= 0.6 is 27.5 Å². The summed E-state index contributed by atoms with van der Waals surface area (Å²) in [4.78, 5) is 0. The number of sulfonamides is 1. The molecule has 96 valence electrons. The Morgan fingerprint density at radius 3 is 2.61 bits per heavy atom. The zero-order chi connectivity index (χ0) is 13.3. The van der Waals surface area contributed by atoms with Crippen molar-refractivity contribution in [1.29, 1.82) is 0 Å². The molecule has 6 nitrogen and oxygen atoms in total. The van der Waals surface area contributed by atoms with Crippen LogP contribution in [-0.2, 0) is 17.1 Å². The van der Waals surface area contributed by atoms with E-state index >= 15 is 0 Å². The molecule has 0 bridgehead atoms. The number of benzene rings is 1. The van der Waals surface area contributed by atoms with Gasteiger partial charge in [0, 0.05) is 7.05 Å². The Kier molecular flexibility index (Phi) is 3.60. The third-order valence-electron chi connectivity index (χ3n) is 2.11. The van der Waals surface area contributed by atoms with Crippen molar-refractivity contribution in [3.05, 3.63) is 33.9 Å². The number of hydrogen-bond acceptors (Lipinski definition) is 4. The van der Waals surface area contributed by atoms with Crippen molar-refractivity contribution in [3.63, 3.8) is 0 Å². The van der Waals surface area contributed by atoms with E-state index in [-0.39, 0.29) is 9.63 Å². The summed E-state index contributed by atoms with van der Waals surface area (Å²) in [6.07, 6.45) is 0. The Morgan fingerprint density at radius 1 is 1.39 bits per heavy atom. The molecule has 0 unspecified atom stereocenters. The lowest BCUT2D eigenvalue weighted by Crippen LogP contribution is -2.17. The molecule has 18 heavy (non-hydrogen) atoms. The first-order valence-corrected chi connectivity index (χ1v) is 7.40. The first-order valence-electron chi connectivity index (χ1n) is 4.74. The highest BCUT2D eigenvalue weighted by Crippen LogP contribution is 2.25. The molecule has 0 saturated heterocycles. The number of nitrogens with one attached hydrogen (secondary N) is 1. The summed E-state index contributed by atoms with van der Waals surface area (Å²) in [6.45, 7) is 0. The molecule has 0 fully saturated rings. The Bertz CT molecular complexity index is 666. The van der Waals surface area contributed by atoms with Gasteiger partial charge in [-0.05, 0) is 28.1 Å². The number of anilines is 1. The van der Waals surface area contributed by atoms with Crippen molar-refractivity contribution in [2.75, 3.05) is 4.72 Å². The highest BCUT2D eigenvalue weighted by atomic mass is 79.9. The van der Waals surface area contributed by atoms with Gasteiger partial charge in [-0.25, -0.2) is 4.68 Å². The second kappa shape index (κ2) is 4.87. The van der Waals surface area contributed by atoms with Crippen LogP contribution in [0.1, 0.15) is 0 Å². The molecule has 1 heterocycles. The normalized spacial score (nSPS) is 11.5. The average molecular weight is 352 g/mol. The van der Waals surface area contributed by atoms with E-state index in [2.05, 4.69) is 31.0 Å². The topological polar surface area (TPSA) is 76.9 Å². The minimum atomic E-state index is -3.80. The van der Waals surface area contributed by atoms with Gasteiger partial charge in [-0.2, -0.15) is 8.42 Å². The van der Waals surface area contributed by atoms with Crippen LogP contribution in [0.3, 0.4) is 0 Å². The van der Waals surface area contributed by atoms with Crippen LogP contribution in [0, 0.1) is 0 Å². The first-order chi connectivity index (χ1) is 8.42. The van der Waals surface area contributed by atoms with E-state index in [1.165, 1.54) is 7.05 Å². The average Bonchev–Trinajstić information content (AvgIpc) is 2.62. The van der Waals surface area contributed by atoms with Gasteiger partial charge < -0.3 is 0 Å². The lowest BCUT2D eigenvalue weighted by Gasteiger charge is -2.09. The monoisotopic (exact) mass is 350 g/mol. The van der Waals surface area contributed by atoms with Crippen LogP contribution < -0.4 is 4.72 Å². The molecule has 1 N–H and O–H groups in total. The zero-order valence-electron chi connectivity index (χ0n) is 9.13. The van der Waals surface area contributed by atoms with Crippen molar-refractivity contribution in [1.82, 2.24) is 15.0 Å². The van der Waals surface area contributed by atoms with Gasteiger partial charge in [0.1, 0.15) is 0 Å². The second-order valence-corrected chi connectivity index (χ2v) is 6.15. The SMILES string of the molecule is Cn1nnc(Br)c1S(=O)(=O)Nc1ccccc1Cl. The molecule has 9 heteroatoms. The molecule has 0 spiro atoms. The van der Waals surface area contributed by atoms with E-state index < -0.39 is 10.0 Å². The lowest BCUT2D eigenvalue weighted by molar-refractivity contribution is 0.578. The van der Waals surface area contributed by atoms with Crippen LogP contribution in [0.4, 0.5) is 5.69 Å². The third kappa shape index (κ3) is 2.50. The van der Waals surface area contributed by atoms with E-state index in [4.69, 9.17) is 11.6 Å². The fourth-order valence-electron chi connectivity index (χ4n) is 1.35. The van der Waals surface area contributed by atoms with Gasteiger partial charge in [0.15, 0.2) is 4.60 Å². The van der Waals surface area contributed by atoms with Crippen LogP contribution in [0.15, 0.2) is 33.9 Å². The summed E-state index contributed by atoms with van der Waals surface area (Å²) in [5.41, 5.74) is 0.298. The fraction of sp³-hybridized carbons (Fsp3) is 0.111. The summed E-state index contributed by atoms with van der Waals surface area (Å²) in [7, 11) is -2.31. The van der Waals surface area contributed by atoms with E-state index in [1.54, 1.807) is 24.3 Å². The van der Waals surface area contributed by atoms with E-state index in [0.717, 1.165) is 4.68 Å². The number of nitrogens with zero attached hydrogens (tertiary/aromatic N) is 3. The zero-order valence-corrected chi connectivity index (χ0v) is 12.3. The van der Waals surface area contributed by atoms with Crippen molar-refractivity contribution in [2.45, 2.75) is 5.03 Å². The summed E-state index contributed by atoms with van der Waals surface area (Å²) in [5.74, 6) is 0. The predicted octanol–water partition coefficient (Wildman–Crippen LogP) is 2.03. The minimum Gasteiger partial charge on any atom is -0.277 e. The molecule has 1 aromatic carbocycles. The molecule has 0 radical (unpaired) electrons. The number of aryl methyl sites for hydroxylation is 1. The van der Waals surface area contributed by atoms with Crippen molar-refractivity contribution < 1.29 is 8.42 Å². The molecular formula is C9H8BrClN4O2S. The third-order valence-corrected chi connectivity index (χ3v) is 4.69. The van der Waals surface area contributed by atoms with Crippen LogP contribution in [0.2, 0.25) is 5.02 Å².